The minimum atomic E-state index is -0.0146. The number of rotatable bonds is 3. The van der Waals surface area contributed by atoms with Crippen LogP contribution in [0.5, 0.6) is 0 Å². The van der Waals surface area contributed by atoms with Crippen LogP contribution in [0.3, 0.4) is 0 Å². The fourth-order valence-electron chi connectivity index (χ4n) is 2.08. The third-order valence-electron chi connectivity index (χ3n) is 2.94. The average Bonchev–Trinajstić information content (AvgIpc) is 2.59. The summed E-state index contributed by atoms with van der Waals surface area (Å²) in [5.74, 6) is 0. The molecule has 0 fully saturated rings. The van der Waals surface area contributed by atoms with Crippen molar-refractivity contribution in [3.8, 4) is 0 Å². The first kappa shape index (κ1) is 15.9. The van der Waals surface area contributed by atoms with Gasteiger partial charge >= 0.3 is 0 Å². The van der Waals surface area contributed by atoms with Crippen LogP contribution in [0.25, 0.3) is 0 Å². The van der Waals surface area contributed by atoms with Crippen molar-refractivity contribution in [2.45, 2.75) is 14.7 Å². The summed E-state index contributed by atoms with van der Waals surface area (Å²) in [6.07, 6.45) is 0. The van der Waals surface area contributed by atoms with Gasteiger partial charge in [0, 0.05) is 0 Å². The van der Waals surface area contributed by atoms with Gasteiger partial charge in [-0.3, -0.25) is 0 Å². The molecular weight excluding hydrogens is 292 g/mol. The van der Waals surface area contributed by atoms with E-state index in [0.29, 0.717) is 6.47 Å². The van der Waals surface area contributed by atoms with E-state index >= 15 is 0 Å². The Labute approximate surface area is 133 Å². The van der Waals surface area contributed by atoms with Crippen molar-refractivity contribution in [2.75, 3.05) is 0 Å². The molecule has 22 heavy (non-hydrogen) atoms. The first-order chi connectivity index (χ1) is 10.9. The molecule has 0 bridgehead atoms. The second-order valence-electron chi connectivity index (χ2n) is 4.34. The fourth-order valence-corrected chi connectivity index (χ4v) is 4.18. The van der Waals surface area contributed by atoms with Crippen LogP contribution in [0.1, 0.15) is 0 Å². The van der Waals surface area contributed by atoms with Gasteiger partial charge in [-0.25, -0.2) is 0 Å². The topological polar surface area (TPSA) is 37.3 Å². The molecule has 1 N–H and O–H groups in total. The van der Waals surface area contributed by atoms with Gasteiger partial charge in [0.05, 0.1) is 10.9 Å². The molecule has 3 aromatic rings. The van der Waals surface area contributed by atoms with Gasteiger partial charge in [-0.2, -0.15) is 0 Å². The summed E-state index contributed by atoms with van der Waals surface area (Å²) in [5, 5.41) is 6.76. The lowest BCUT2D eigenvalue weighted by atomic mass is 10.4. The first-order valence-corrected chi connectivity index (χ1v) is 8.00. The number of aliphatic hydroxyl groups excluding tert-OH is 1. The monoisotopic (exact) mass is 308 g/mol. The Morgan fingerprint density at radius 1 is 0.591 bits per heavy atom. The maximum absolute atomic E-state index is 8.24. The summed E-state index contributed by atoms with van der Waals surface area (Å²) in [7, 11) is -0.0146. The molecule has 0 aliphatic carbocycles. The van der Waals surface area contributed by atoms with Crippen molar-refractivity contribution in [1.29, 1.82) is 0 Å². The average molecular weight is 308 g/mol. The molecule has 0 saturated carbocycles. The number of hydrogen-bond donors (Lipinski definition) is 1. The normalized spacial score (nSPS) is 9.68. The zero-order valence-corrected chi connectivity index (χ0v) is 12.7. The molecule has 110 valence electrons. The molecule has 0 atom stereocenters. The quantitative estimate of drug-likeness (QED) is 0.575. The van der Waals surface area contributed by atoms with Crippen molar-refractivity contribution in [3.63, 3.8) is 0 Å². The van der Waals surface area contributed by atoms with Crippen LogP contribution < -0.4 is 0 Å². The van der Waals surface area contributed by atoms with Crippen LogP contribution in [0.2, 0.25) is 0 Å². The lowest BCUT2D eigenvalue weighted by Gasteiger charge is -2.07. The molecule has 0 unspecified atom stereocenters. The Hall–Kier alpha value is -2.52. The Morgan fingerprint density at radius 3 is 1.05 bits per heavy atom. The first-order valence-electron chi connectivity index (χ1n) is 6.77. The minimum Gasteiger partial charge on any atom is -0.665 e. The summed E-state index contributed by atoms with van der Waals surface area (Å²) >= 11 is 0. The lowest BCUT2D eigenvalue weighted by molar-refractivity contribution is 0.437. The van der Waals surface area contributed by atoms with Gasteiger partial charge < -0.3 is 9.90 Å². The van der Waals surface area contributed by atoms with Gasteiger partial charge in [-0.05, 0) is 36.4 Å². The van der Waals surface area contributed by atoms with E-state index in [1.54, 1.807) is 0 Å². The van der Waals surface area contributed by atoms with Crippen LogP contribution >= 0.6 is 0 Å². The molecule has 0 radical (unpaired) electrons. The van der Waals surface area contributed by atoms with E-state index in [2.05, 4.69) is 91.0 Å². The molecule has 0 amide bonds. The zero-order chi connectivity index (χ0) is 15.6. The lowest BCUT2D eigenvalue weighted by Crippen LogP contribution is -2.04. The van der Waals surface area contributed by atoms with Crippen LogP contribution in [0.15, 0.2) is 106 Å². The Balaban J connectivity index is 0.000000545. The zero-order valence-electron chi connectivity index (χ0n) is 11.9. The van der Waals surface area contributed by atoms with Gasteiger partial charge in [-0.1, -0.05) is 61.1 Å². The number of benzene rings is 3. The van der Waals surface area contributed by atoms with Crippen molar-refractivity contribution in [1.82, 2.24) is 0 Å². The van der Waals surface area contributed by atoms with Crippen LogP contribution in [0, 0.1) is 0 Å². The van der Waals surface area contributed by atoms with Gasteiger partial charge in [-0.15, -0.1) is 0 Å². The van der Waals surface area contributed by atoms with Crippen molar-refractivity contribution < 1.29 is 9.90 Å². The third kappa shape index (κ3) is 4.24. The van der Waals surface area contributed by atoms with E-state index in [0.717, 1.165) is 0 Å². The summed E-state index contributed by atoms with van der Waals surface area (Å²) in [4.78, 5) is 12.3. The summed E-state index contributed by atoms with van der Waals surface area (Å²) < 4.78 is 0. The largest absolute Gasteiger partial charge is 0.665 e. The molecule has 0 aliphatic heterocycles. The van der Waals surface area contributed by atoms with E-state index in [-0.39, 0.29) is 10.9 Å². The molecule has 0 aliphatic rings. The molecule has 0 saturated heterocycles. The van der Waals surface area contributed by atoms with E-state index in [4.69, 9.17) is 9.90 Å². The summed E-state index contributed by atoms with van der Waals surface area (Å²) in [6, 6.07) is 32.2. The molecule has 3 aromatic carbocycles. The molecule has 3 rings (SSSR count). The summed E-state index contributed by atoms with van der Waals surface area (Å²) in [5.41, 5.74) is 0. The van der Waals surface area contributed by atoms with E-state index < -0.39 is 0 Å². The predicted octanol–water partition coefficient (Wildman–Crippen LogP) is 4.39. The molecule has 0 spiro atoms. The number of hydrogen-bond acceptors (Lipinski definition) is 1. The van der Waals surface area contributed by atoms with Crippen molar-refractivity contribution in [2.24, 2.45) is 0 Å². The SMILES string of the molecule is O=[C-]O.c1ccc([S+](c2ccccc2)c2ccccc2)cc1. The highest BCUT2D eigenvalue weighted by Crippen LogP contribution is 2.30. The fraction of sp³-hybridized carbons (Fsp3) is 0. The Morgan fingerprint density at radius 2 is 0.818 bits per heavy atom. The molecular formula is C19H16O2S. The highest BCUT2D eigenvalue weighted by molar-refractivity contribution is 7.97. The van der Waals surface area contributed by atoms with Gasteiger partial charge in [0.15, 0.2) is 14.7 Å². The Kier molecular flexibility index (Phi) is 6.27. The second-order valence-corrected chi connectivity index (χ2v) is 6.36. The van der Waals surface area contributed by atoms with Crippen molar-refractivity contribution >= 4 is 17.4 Å². The summed E-state index contributed by atoms with van der Waals surface area (Å²) in [6.45, 7) is 0.500. The van der Waals surface area contributed by atoms with E-state index in [1.807, 2.05) is 0 Å². The van der Waals surface area contributed by atoms with Crippen LogP contribution in [-0.4, -0.2) is 11.6 Å². The maximum atomic E-state index is 8.24. The van der Waals surface area contributed by atoms with Crippen LogP contribution in [-0.2, 0) is 15.7 Å². The second kappa shape index (κ2) is 8.70. The van der Waals surface area contributed by atoms with E-state index in [1.165, 1.54) is 14.7 Å². The Bertz CT molecular complexity index is 576. The smallest absolute Gasteiger partial charge is 0.166 e. The molecule has 3 heteroatoms. The van der Waals surface area contributed by atoms with Gasteiger partial charge in [0.25, 0.3) is 0 Å². The minimum absolute atomic E-state index is 0.0146. The standard InChI is InChI=1S/C18H15S.CHO2/c1-4-10-16(11-5-1)19(17-12-6-2-7-13-17)18-14-8-3-9-15-18;2-1-3/h1-15H;(H,2,3)/q+1;-1. The highest BCUT2D eigenvalue weighted by Gasteiger charge is 2.27. The molecule has 0 aromatic heterocycles. The van der Waals surface area contributed by atoms with Crippen molar-refractivity contribution in [3.05, 3.63) is 91.0 Å². The van der Waals surface area contributed by atoms with Crippen LogP contribution in [0.4, 0.5) is 0 Å². The van der Waals surface area contributed by atoms with Gasteiger partial charge in [0.2, 0.25) is 0 Å². The molecule has 0 heterocycles. The maximum Gasteiger partial charge on any atom is 0.166 e. The predicted molar refractivity (Wildman–Crippen MR) is 89.8 cm³/mol. The van der Waals surface area contributed by atoms with E-state index in [9.17, 15) is 0 Å². The molecule has 2 nitrogen and oxygen atoms in total. The van der Waals surface area contributed by atoms with Gasteiger partial charge in [0.1, 0.15) is 0 Å². The highest BCUT2D eigenvalue weighted by atomic mass is 32.2. The third-order valence-corrected chi connectivity index (χ3v) is 5.17.